The van der Waals surface area contributed by atoms with Gasteiger partial charge in [-0.25, -0.2) is 0 Å². The first-order valence-electron chi connectivity index (χ1n) is 8.28. The number of hydrazone groups is 1. The summed E-state index contributed by atoms with van der Waals surface area (Å²) < 4.78 is 0. The van der Waals surface area contributed by atoms with Crippen LogP contribution in [-0.2, 0) is 0 Å². The summed E-state index contributed by atoms with van der Waals surface area (Å²) in [6, 6.07) is 22.5. The zero-order valence-corrected chi connectivity index (χ0v) is 15.3. The first-order chi connectivity index (χ1) is 12.6. The summed E-state index contributed by atoms with van der Waals surface area (Å²) >= 11 is 12.2. The molecule has 0 fully saturated rings. The van der Waals surface area contributed by atoms with Crippen molar-refractivity contribution in [3.05, 3.63) is 94.0 Å². The normalized spacial score (nSPS) is 16.6. The number of para-hydroxylation sites is 1. The Labute approximate surface area is 162 Å². The van der Waals surface area contributed by atoms with E-state index in [4.69, 9.17) is 28.3 Å². The van der Waals surface area contributed by atoms with Crippen LogP contribution in [0.3, 0.4) is 0 Å². The molecular weight excluding hydrogens is 367 g/mol. The van der Waals surface area contributed by atoms with Gasteiger partial charge in [-0.2, -0.15) is 5.10 Å². The smallest absolute Gasteiger partial charge is 0.121 e. The fourth-order valence-corrected chi connectivity index (χ4v) is 3.49. The van der Waals surface area contributed by atoms with E-state index in [0.29, 0.717) is 16.5 Å². The van der Waals surface area contributed by atoms with Gasteiger partial charge in [-0.1, -0.05) is 53.5 Å². The van der Waals surface area contributed by atoms with Gasteiger partial charge in [0.05, 0.1) is 17.4 Å². The molecule has 3 nitrogen and oxygen atoms in total. The molecule has 130 valence electrons. The Morgan fingerprint density at radius 3 is 2.31 bits per heavy atom. The average molecular weight is 383 g/mol. The van der Waals surface area contributed by atoms with E-state index in [2.05, 4.69) is 0 Å². The van der Waals surface area contributed by atoms with Crippen LogP contribution in [0.4, 0.5) is 5.69 Å². The first-order valence-corrected chi connectivity index (χ1v) is 9.03. The summed E-state index contributed by atoms with van der Waals surface area (Å²) in [6.07, 6.45) is 0.657. The van der Waals surface area contributed by atoms with Crippen molar-refractivity contribution in [3.63, 3.8) is 0 Å². The van der Waals surface area contributed by atoms with Gasteiger partial charge < -0.3 is 5.11 Å². The van der Waals surface area contributed by atoms with Crippen LogP contribution < -0.4 is 5.01 Å². The third-order valence-corrected chi connectivity index (χ3v) is 4.94. The highest BCUT2D eigenvalue weighted by molar-refractivity contribution is 6.31. The molecule has 5 heteroatoms. The fourth-order valence-electron chi connectivity index (χ4n) is 3.18. The fraction of sp³-hybridized carbons (Fsp3) is 0.0952. The molecule has 0 aromatic heterocycles. The standard InChI is InChI=1S/C21H16Cl2N2O/c22-15-8-6-14(7-9-15)19-13-20(18-12-16(23)10-11-21(18)26)25(24-19)17-4-2-1-3-5-17/h1-12,20,26H,13H2. The molecule has 0 radical (unpaired) electrons. The van der Waals surface area contributed by atoms with Gasteiger partial charge in [0.1, 0.15) is 5.75 Å². The third kappa shape index (κ3) is 3.28. The molecule has 0 spiro atoms. The summed E-state index contributed by atoms with van der Waals surface area (Å²) in [7, 11) is 0. The largest absolute Gasteiger partial charge is 0.508 e. The molecule has 1 atom stereocenters. The molecule has 0 saturated heterocycles. The molecule has 0 aliphatic carbocycles. The topological polar surface area (TPSA) is 35.8 Å². The number of rotatable bonds is 3. The van der Waals surface area contributed by atoms with Gasteiger partial charge in [0, 0.05) is 22.0 Å². The van der Waals surface area contributed by atoms with Crippen LogP contribution in [0.1, 0.15) is 23.6 Å². The highest BCUT2D eigenvalue weighted by Crippen LogP contribution is 2.40. The van der Waals surface area contributed by atoms with Crippen LogP contribution in [0.2, 0.25) is 10.0 Å². The summed E-state index contributed by atoms with van der Waals surface area (Å²) in [4.78, 5) is 0. The molecular formula is C21H16Cl2N2O. The van der Waals surface area contributed by atoms with Gasteiger partial charge in [-0.05, 0) is 48.0 Å². The maximum atomic E-state index is 10.4. The number of hydrogen-bond acceptors (Lipinski definition) is 3. The van der Waals surface area contributed by atoms with Crippen molar-refractivity contribution in [3.8, 4) is 5.75 Å². The van der Waals surface area contributed by atoms with Crippen molar-refractivity contribution >= 4 is 34.6 Å². The Kier molecular flexibility index (Phi) is 4.58. The number of phenols is 1. The van der Waals surface area contributed by atoms with Crippen molar-refractivity contribution in [2.24, 2.45) is 5.10 Å². The van der Waals surface area contributed by atoms with Crippen LogP contribution >= 0.6 is 23.2 Å². The minimum absolute atomic E-state index is 0.137. The van der Waals surface area contributed by atoms with Crippen LogP contribution in [0.15, 0.2) is 77.9 Å². The Hall–Kier alpha value is -2.49. The zero-order valence-electron chi connectivity index (χ0n) is 13.8. The average Bonchev–Trinajstić information content (AvgIpc) is 3.10. The van der Waals surface area contributed by atoms with E-state index in [-0.39, 0.29) is 11.8 Å². The molecule has 3 aromatic rings. The summed E-state index contributed by atoms with van der Waals surface area (Å²) in [5, 5.41) is 18.5. The molecule has 26 heavy (non-hydrogen) atoms. The van der Waals surface area contributed by atoms with Gasteiger partial charge in [0.2, 0.25) is 0 Å². The highest BCUT2D eigenvalue weighted by atomic mass is 35.5. The predicted octanol–water partition coefficient (Wildman–Crippen LogP) is 6.05. The second-order valence-electron chi connectivity index (χ2n) is 6.16. The van der Waals surface area contributed by atoms with Gasteiger partial charge in [0.25, 0.3) is 0 Å². The first kappa shape index (κ1) is 17.0. The summed E-state index contributed by atoms with van der Waals surface area (Å²) in [6.45, 7) is 0. The number of hydrogen-bond donors (Lipinski definition) is 1. The minimum Gasteiger partial charge on any atom is -0.508 e. The van der Waals surface area contributed by atoms with Crippen LogP contribution in [0, 0.1) is 0 Å². The lowest BCUT2D eigenvalue weighted by Gasteiger charge is -2.24. The Morgan fingerprint density at radius 2 is 1.58 bits per heavy atom. The monoisotopic (exact) mass is 382 g/mol. The van der Waals surface area contributed by atoms with Gasteiger partial charge in [-0.3, -0.25) is 5.01 Å². The Morgan fingerprint density at radius 1 is 0.885 bits per heavy atom. The Balaban J connectivity index is 1.78. The van der Waals surface area contributed by atoms with Crippen molar-refractivity contribution in [2.45, 2.75) is 12.5 Å². The third-order valence-electron chi connectivity index (χ3n) is 4.46. The second kappa shape index (κ2) is 7.02. The van der Waals surface area contributed by atoms with Gasteiger partial charge >= 0.3 is 0 Å². The molecule has 1 unspecified atom stereocenters. The zero-order chi connectivity index (χ0) is 18.1. The van der Waals surface area contributed by atoms with E-state index in [0.717, 1.165) is 22.5 Å². The molecule has 0 amide bonds. The lowest BCUT2D eigenvalue weighted by Crippen LogP contribution is -2.18. The van der Waals surface area contributed by atoms with Crippen LogP contribution in [0.5, 0.6) is 5.75 Å². The van der Waals surface area contributed by atoms with Gasteiger partial charge in [0.15, 0.2) is 0 Å². The molecule has 3 aromatic carbocycles. The number of halogens is 2. The number of aromatic hydroxyl groups is 1. The van der Waals surface area contributed by atoms with Gasteiger partial charge in [-0.15, -0.1) is 0 Å². The van der Waals surface area contributed by atoms with E-state index < -0.39 is 0 Å². The lowest BCUT2D eigenvalue weighted by atomic mass is 9.97. The van der Waals surface area contributed by atoms with Crippen molar-refractivity contribution in [1.82, 2.24) is 0 Å². The maximum absolute atomic E-state index is 10.4. The summed E-state index contributed by atoms with van der Waals surface area (Å²) in [5.74, 6) is 0.216. The lowest BCUT2D eigenvalue weighted by molar-refractivity contribution is 0.461. The molecule has 1 heterocycles. The Bertz CT molecular complexity index is 956. The SMILES string of the molecule is Oc1ccc(Cl)cc1C1CC(c2ccc(Cl)cc2)=NN1c1ccccc1. The molecule has 0 bridgehead atoms. The number of anilines is 1. The van der Waals surface area contributed by atoms with E-state index in [1.54, 1.807) is 18.2 Å². The minimum atomic E-state index is -0.137. The molecule has 0 saturated carbocycles. The van der Waals surface area contributed by atoms with Crippen molar-refractivity contribution < 1.29 is 5.11 Å². The quantitative estimate of drug-likeness (QED) is 0.597. The van der Waals surface area contributed by atoms with E-state index >= 15 is 0 Å². The summed E-state index contributed by atoms with van der Waals surface area (Å²) in [5.41, 5.74) is 3.67. The second-order valence-corrected chi connectivity index (χ2v) is 7.03. The molecule has 4 rings (SSSR count). The number of benzene rings is 3. The molecule has 1 N–H and O–H groups in total. The predicted molar refractivity (Wildman–Crippen MR) is 107 cm³/mol. The van der Waals surface area contributed by atoms with E-state index in [9.17, 15) is 5.11 Å². The van der Waals surface area contributed by atoms with E-state index in [1.807, 2.05) is 59.6 Å². The molecule has 1 aliphatic rings. The number of phenolic OH excluding ortho intramolecular Hbond substituents is 1. The number of nitrogens with zero attached hydrogens (tertiary/aromatic N) is 2. The van der Waals surface area contributed by atoms with Crippen LogP contribution in [-0.4, -0.2) is 10.8 Å². The molecule has 1 aliphatic heterocycles. The highest BCUT2D eigenvalue weighted by Gasteiger charge is 2.31. The van der Waals surface area contributed by atoms with Crippen molar-refractivity contribution in [1.29, 1.82) is 0 Å². The van der Waals surface area contributed by atoms with Crippen LogP contribution in [0.25, 0.3) is 0 Å². The van der Waals surface area contributed by atoms with E-state index in [1.165, 1.54) is 0 Å². The maximum Gasteiger partial charge on any atom is 0.121 e. The van der Waals surface area contributed by atoms with Crippen molar-refractivity contribution in [2.75, 3.05) is 5.01 Å².